The van der Waals surface area contributed by atoms with E-state index in [0.717, 1.165) is 16.6 Å². The van der Waals surface area contributed by atoms with Crippen molar-refractivity contribution in [3.63, 3.8) is 0 Å². The Balaban J connectivity index is 0.00000243. The first kappa shape index (κ1) is 20.2. The maximum Gasteiger partial charge on any atom is 0.274 e. The number of nitrogens with one attached hydrogen (secondary N) is 1. The minimum atomic E-state index is -0.205. The number of benzene rings is 2. The summed E-state index contributed by atoms with van der Waals surface area (Å²) in [7, 11) is 3.46. The number of hydrogen-bond acceptors (Lipinski definition) is 4. The zero-order valence-electron chi connectivity index (χ0n) is 15.3. The van der Waals surface area contributed by atoms with Crippen LogP contribution in [-0.2, 0) is 11.8 Å². The lowest BCUT2D eigenvalue weighted by Gasteiger charge is -2.23. The van der Waals surface area contributed by atoms with Crippen LogP contribution in [0, 0.1) is 0 Å². The van der Waals surface area contributed by atoms with Crippen molar-refractivity contribution in [2.45, 2.75) is 19.0 Å². The van der Waals surface area contributed by atoms with Crippen molar-refractivity contribution in [2.75, 3.05) is 13.7 Å². The number of aromatic nitrogens is 2. The molecule has 3 rings (SSSR count). The van der Waals surface area contributed by atoms with Crippen LogP contribution in [0.15, 0.2) is 59.4 Å². The van der Waals surface area contributed by atoms with Crippen LogP contribution in [0.2, 0.25) is 0 Å². The first-order valence-electron chi connectivity index (χ1n) is 8.37. The van der Waals surface area contributed by atoms with E-state index in [1.807, 2.05) is 49.4 Å². The van der Waals surface area contributed by atoms with Crippen molar-refractivity contribution in [2.24, 2.45) is 7.05 Å². The van der Waals surface area contributed by atoms with Gasteiger partial charge in [0.1, 0.15) is 5.69 Å². The molecule has 26 heavy (non-hydrogen) atoms. The highest BCUT2D eigenvalue weighted by Crippen LogP contribution is 2.19. The summed E-state index contributed by atoms with van der Waals surface area (Å²) in [5, 5.41) is 3.48. The molecule has 0 radical (unpaired) electrons. The summed E-state index contributed by atoms with van der Waals surface area (Å²) in [6, 6.07) is 17.5. The van der Waals surface area contributed by atoms with Crippen LogP contribution in [0.3, 0.4) is 0 Å². The van der Waals surface area contributed by atoms with Gasteiger partial charge < -0.3 is 9.30 Å². The number of para-hydroxylation sites is 2. The molecule has 0 saturated heterocycles. The van der Waals surface area contributed by atoms with Gasteiger partial charge >= 0.3 is 0 Å². The Morgan fingerprint density at radius 1 is 1.12 bits per heavy atom. The molecule has 0 aliphatic heterocycles. The van der Waals surface area contributed by atoms with E-state index in [1.54, 1.807) is 18.7 Å². The molecule has 0 aliphatic rings. The Kier molecular flexibility index (Phi) is 6.97. The second kappa shape index (κ2) is 8.98. The van der Waals surface area contributed by atoms with E-state index in [2.05, 4.69) is 22.4 Å². The highest BCUT2D eigenvalue weighted by molar-refractivity contribution is 7.59. The van der Waals surface area contributed by atoms with E-state index in [9.17, 15) is 4.79 Å². The molecule has 2 aromatic carbocycles. The van der Waals surface area contributed by atoms with Gasteiger partial charge in [-0.3, -0.25) is 10.1 Å². The fraction of sp³-hybridized carbons (Fsp3) is 0.300. The van der Waals surface area contributed by atoms with Crippen LogP contribution in [0.25, 0.3) is 11.0 Å². The molecule has 0 bridgehead atoms. The van der Waals surface area contributed by atoms with Gasteiger partial charge in [0.2, 0.25) is 0 Å². The van der Waals surface area contributed by atoms with Gasteiger partial charge in [-0.2, -0.15) is 13.5 Å². The van der Waals surface area contributed by atoms with Crippen molar-refractivity contribution in [1.82, 2.24) is 14.9 Å². The zero-order valence-corrected chi connectivity index (χ0v) is 16.3. The van der Waals surface area contributed by atoms with E-state index in [0.29, 0.717) is 12.3 Å². The largest absolute Gasteiger partial charge is 0.383 e. The Bertz CT molecular complexity index is 912. The third-order valence-electron chi connectivity index (χ3n) is 4.40. The SMILES string of the molecule is COC[C@@H](NC(C)c1nc2ccccc2n(C)c1=O)c1ccccc1.S. The van der Waals surface area contributed by atoms with Crippen molar-refractivity contribution in [1.29, 1.82) is 0 Å². The van der Waals surface area contributed by atoms with Gasteiger partial charge in [-0.15, -0.1) is 0 Å². The quantitative estimate of drug-likeness (QED) is 0.723. The van der Waals surface area contributed by atoms with Crippen LogP contribution in [-0.4, -0.2) is 23.3 Å². The van der Waals surface area contributed by atoms with Crippen LogP contribution in [0.5, 0.6) is 0 Å². The highest BCUT2D eigenvalue weighted by atomic mass is 32.1. The topological polar surface area (TPSA) is 56.1 Å². The van der Waals surface area contributed by atoms with Gasteiger partial charge in [-0.1, -0.05) is 42.5 Å². The van der Waals surface area contributed by atoms with Gasteiger partial charge in [0.05, 0.1) is 29.7 Å². The second-order valence-corrected chi connectivity index (χ2v) is 6.16. The van der Waals surface area contributed by atoms with E-state index < -0.39 is 0 Å². The number of ether oxygens (including phenoxy) is 1. The fourth-order valence-electron chi connectivity index (χ4n) is 3.06. The predicted octanol–water partition coefficient (Wildman–Crippen LogP) is 3.08. The molecular formula is C20H25N3O2S. The van der Waals surface area contributed by atoms with Crippen LogP contribution < -0.4 is 10.9 Å². The number of fused-ring (bicyclic) bond motifs is 1. The van der Waals surface area contributed by atoms with Crippen molar-refractivity contribution >= 4 is 24.5 Å². The first-order chi connectivity index (χ1) is 12.1. The number of rotatable bonds is 6. The van der Waals surface area contributed by atoms with Crippen molar-refractivity contribution < 1.29 is 4.74 Å². The maximum atomic E-state index is 12.7. The van der Waals surface area contributed by atoms with Crippen LogP contribution >= 0.6 is 13.5 Å². The normalized spacial score (nSPS) is 13.2. The summed E-state index contributed by atoms with van der Waals surface area (Å²) in [6.45, 7) is 2.48. The summed E-state index contributed by atoms with van der Waals surface area (Å²) in [6.07, 6.45) is 0. The van der Waals surface area contributed by atoms with Gasteiger partial charge in [0, 0.05) is 14.2 Å². The van der Waals surface area contributed by atoms with Crippen molar-refractivity contribution in [3.8, 4) is 0 Å². The summed E-state index contributed by atoms with van der Waals surface area (Å²) in [5.41, 5.74) is 3.20. The summed E-state index contributed by atoms with van der Waals surface area (Å²) in [5.74, 6) is 0. The molecule has 6 heteroatoms. The number of aryl methyl sites for hydroxylation is 1. The molecule has 0 fully saturated rings. The molecule has 0 spiro atoms. The maximum absolute atomic E-state index is 12.7. The lowest BCUT2D eigenvalue weighted by Crippen LogP contribution is -2.34. The number of hydrogen-bond donors (Lipinski definition) is 1. The molecule has 1 aromatic heterocycles. The van der Waals surface area contributed by atoms with E-state index in [1.165, 1.54) is 0 Å². The Morgan fingerprint density at radius 2 is 1.77 bits per heavy atom. The average Bonchev–Trinajstić information content (AvgIpc) is 2.65. The van der Waals surface area contributed by atoms with E-state index in [4.69, 9.17) is 4.74 Å². The predicted molar refractivity (Wildman–Crippen MR) is 110 cm³/mol. The minimum absolute atomic E-state index is 0. The third-order valence-corrected chi connectivity index (χ3v) is 4.40. The number of nitrogens with zero attached hydrogens (tertiary/aromatic N) is 2. The molecule has 0 aliphatic carbocycles. The standard InChI is InChI=1S/C20H23N3O2.H2S/c1-14(21-17(13-25-3)15-9-5-4-6-10-15)19-20(24)23(2)18-12-8-7-11-16(18)22-19;/h4-12,14,17,21H,13H2,1-3H3;1H2/t14?,17-;/m1./s1. The van der Waals surface area contributed by atoms with Gasteiger partial charge in [0.25, 0.3) is 5.56 Å². The minimum Gasteiger partial charge on any atom is -0.383 e. The second-order valence-electron chi connectivity index (χ2n) is 6.16. The molecule has 5 nitrogen and oxygen atoms in total. The average molecular weight is 372 g/mol. The molecule has 2 atom stereocenters. The summed E-state index contributed by atoms with van der Waals surface area (Å²) in [4.78, 5) is 17.3. The molecule has 0 amide bonds. The Morgan fingerprint density at radius 3 is 2.46 bits per heavy atom. The van der Waals surface area contributed by atoms with Gasteiger partial charge in [-0.05, 0) is 24.6 Å². The van der Waals surface area contributed by atoms with Crippen LogP contribution in [0.4, 0.5) is 0 Å². The zero-order chi connectivity index (χ0) is 17.8. The summed E-state index contributed by atoms with van der Waals surface area (Å²) < 4.78 is 7.01. The third kappa shape index (κ3) is 4.15. The lowest BCUT2D eigenvalue weighted by molar-refractivity contribution is 0.161. The number of methoxy groups -OCH3 is 1. The molecule has 138 valence electrons. The van der Waals surface area contributed by atoms with Crippen molar-refractivity contribution in [3.05, 3.63) is 76.2 Å². The molecule has 0 saturated carbocycles. The molecule has 1 N–H and O–H groups in total. The molecular weight excluding hydrogens is 346 g/mol. The van der Waals surface area contributed by atoms with E-state index in [-0.39, 0.29) is 31.1 Å². The Hall–Kier alpha value is -2.15. The van der Waals surface area contributed by atoms with Crippen LogP contribution in [0.1, 0.15) is 30.3 Å². The summed E-state index contributed by atoms with van der Waals surface area (Å²) >= 11 is 0. The molecule has 1 unspecified atom stereocenters. The highest BCUT2D eigenvalue weighted by Gasteiger charge is 2.20. The smallest absolute Gasteiger partial charge is 0.274 e. The van der Waals surface area contributed by atoms with Gasteiger partial charge in [0.15, 0.2) is 0 Å². The molecule has 1 heterocycles. The van der Waals surface area contributed by atoms with E-state index >= 15 is 0 Å². The van der Waals surface area contributed by atoms with Gasteiger partial charge in [-0.25, -0.2) is 4.98 Å². The fourth-order valence-corrected chi connectivity index (χ4v) is 3.06. The molecule has 3 aromatic rings. The monoisotopic (exact) mass is 371 g/mol. The Labute approximate surface area is 160 Å². The lowest BCUT2D eigenvalue weighted by atomic mass is 10.1. The first-order valence-corrected chi connectivity index (χ1v) is 8.37.